The van der Waals surface area contributed by atoms with Gasteiger partial charge in [0.1, 0.15) is 0 Å². The van der Waals surface area contributed by atoms with Crippen LogP contribution < -0.4 is 0 Å². The van der Waals surface area contributed by atoms with Crippen LogP contribution in [-0.2, 0) is 0 Å². The molecule has 0 spiro atoms. The van der Waals surface area contributed by atoms with Gasteiger partial charge in [0.25, 0.3) is 5.91 Å². The Morgan fingerprint density at radius 2 is 1.95 bits per heavy atom. The predicted molar refractivity (Wildman–Crippen MR) is 71.5 cm³/mol. The number of benzene rings is 1. The Kier molecular flexibility index (Phi) is 4.36. The summed E-state index contributed by atoms with van der Waals surface area (Å²) in [5.41, 5.74) is -0.0407. The Balaban J connectivity index is 2.37. The summed E-state index contributed by atoms with van der Waals surface area (Å²) in [6.07, 6.45) is -2.55. The zero-order valence-corrected chi connectivity index (χ0v) is 12.4. The Morgan fingerprint density at radius 3 is 2.43 bits per heavy atom. The van der Waals surface area contributed by atoms with E-state index in [-0.39, 0.29) is 11.3 Å². The van der Waals surface area contributed by atoms with Crippen LogP contribution >= 0.6 is 15.9 Å². The van der Waals surface area contributed by atoms with Crippen molar-refractivity contribution in [3.63, 3.8) is 0 Å². The van der Waals surface area contributed by atoms with Gasteiger partial charge in [0.2, 0.25) is 5.76 Å². The third-order valence-electron chi connectivity index (χ3n) is 2.85. The summed E-state index contributed by atoms with van der Waals surface area (Å²) in [6, 6.07) is 3.53. The first-order valence-electron chi connectivity index (χ1n) is 5.78. The molecule has 0 saturated heterocycles. The van der Waals surface area contributed by atoms with Crippen LogP contribution in [0.15, 0.2) is 45.7 Å². The van der Waals surface area contributed by atoms with Crippen LogP contribution in [0.3, 0.4) is 0 Å². The van der Waals surface area contributed by atoms with Crippen LogP contribution in [0.4, 0.5) is 13.2 Å². The molecule has 2 aromatic rings. The lowest BCUT2D eigenvalue weighted by Crippen LogP contribution is -2.39. The fraction of sp³-hybridized carbons (Fsp3) is 0.231. The third kappa shape index (κ3) is 3.44. The molecule has 21 heavy (non-hydrogen) atoms. The van der Waals surface area contributed by atoms with E-state index in [4.69, 9.17) is 4.42 Å². The van der Waals surface area contributed by atoms with Crippen LogP contribution in [0.1, 0.15) is 22.2 Å². The Labute approximate surface area is 126 Å². The maximum atomic E-state index is 13.3. The molecular weight excluding hydrogens is 353 g/mol. The summed E-state index contributed by atoms with van der Waals surface area (Å²) in [6.45, 7) is 0. The zero-order valence-electron chi connectivity index (χ0n) is 10.8. The lowest BCUT2D eigenvalue weighted by atomic mass is 10.1. The van der Waals surface area contributed by atoms with Gasteiger partial charge in [0.05, 0.1) is 6.20 Å². The van der Waals surface area contributed by atoms with Crippen LogP contribution in [-0.4, -0.2) is 29.0 Å². The molecule has 0 fully saturated rings. The maximum Gasteiger partial charge on any atom is 0.413 e. The van der Waals surface area contributed by atoms with E-state index < -0.39 is 18.1 Å². The van der Waals surface area contributed by atoms with Gasteiger partial charge in [-0.3, -0.25) is 4.79 Å². The second kappa shape index (κ2) is 5.88. The highest BCUT2D eigenvalue weighted by atomic mass is 79.9. The highest BCUT2D eigenvalue weighted by molar-refractivity contribution is 9.10. The van der Waals surface area contributed by atoms with E-state index in [1.807, 2.05) is 0 Å². The first kappa shape index (κ1) is 15.6. The van der Waals surface area contributed by atoms with Crippen molar-refractivity contribution in [1.82, 2.24) is 9.88 Å². The summed E-state index contributed by atoms with van der Waals surface area (Å²) in [5.74, 6) is -1.14. The number of hydrogen-bond acceptors (Lipinski definition) is 3. The van der Waals surface area contributed by atoms with E-state index in [0.29, 0.717) is 9.37 Å². The molecule has 2 rings (SSSR count). The molecular formula is C13H10BrF3N2O2. The second-order valence-electron chi connectivity index (χ2n) is 4.28. The van der Waals surface area contributed by atoms with Crippen molar-refractivity contribution in [2.75, 3.05) is 7.05 Å². The number of hydrogen-bond donors (Lipinski definition) is 0. The van der Waals surface area contributed by atoms with Gasteiger partial charge in [-0.1, -0.05) is 28.1 Å². The minimum atomic E-state index is -4.61. The first-order chi connectivity index (χ1) is 9.80. The van der Waals surface area contributed by atoms with Crippen LogP contribution in [0.2, 0.25) is 0 Å². The molecule has 1 aromatic carbocycles. The first-order valence-corrected chi connectivity index (χ1v) is 6.58. The van der Waals surface area contributed by atoms with E-state index in [0.717, 1.165) is 19.6 Å². The van der Waals surface area contributed by atoms with Crippen molar-refractivity contribution in [3.05, 3.63) is 52.7 Å². The van der Waals surface area contributed by atoms with Gasteiger partial charge in [0.15, 0.2) is 12.4 Å². The Morgan fingerprint density at radius 1 is 1.33 bits per heavy atom. The lowest BCUT2D eigenvalue weighted by Gasteiger charge is -2.29. The topological polar surface area (TPSA) is 46.3 Å². The molecule has 0 saturated carbocycles. The van der Waals surface area contributed by atoms with E-state index in [9.17, 15) is 18.0 Å². The van der Waals surface area contributed by atoms with E-state index in [1.165, 1.54) is 24.3 Å². The van der Waals surface area contributed by atoms with E-state index in [2.05, 4.69) is 20.9 Å². The van der Waals surface area contributed by atoms with Crippen LogP contribution in [0.25, 0.3) is 0 Å². The van der Waals surface area contributed by atoms with Crippen molar-refractivity contribution in [3.8, 4) is 0 Å². The molecule has 0 aliphatic rings. The van der Waals surface area contributed by atoms with Gasteiger partial charge in [0, 0.05) is 11.5 Å². The number of nitrogens with zero attached hydrogens (tertiary/aromatic N) is 2. The number of carbonyl (C=O) groups excluding carboxylic acids is 1. The Hall–Kier alpha value is -1.83. The number of carbonyl (C=O) groups is 1. The molecule has 1 unspecified atom stereocenters. The average Bonchev–Trinajstić information content (AvgIpc) is 2.92. The van der Waals surface area contributed by atoms with Gasteiger partial charge in [-0.15, -0.1) is 0 Å². The molecule has 0 bridgehead atoms. The SMILES string of the molecule is CN(C(=O)c1cnco1)C(c1ccc(Br)cc1)C(F)(F)F. The number of aromatic nitrogens is 1. The summed E-state index contributed by atoms with van der Waals surface area (Å²) < 4.78 is 45.3. The van der Waals surface area contributed by atoms with Gasteiger partial charge in [-0.05, 0) is 17.7 Å². The van der Waals surface area contributed by atoms with Gasteiger partial charge >= 0.3 is 6.18 Å². The standard InChI is InChI=1S/C13H10BrF3N2O2/c1-19(12(20)10-6-18-7-21-10)11(13(15,16)17)8-2-4-9(14)5-3-8/h2-7,11H,1H3. The molecule has 112 valence electrons. The quantitative estimate of drug-likeness (QED) is 0.833. The van der Waals surface area contributed by atoms with Crippen molar-refractivity contribution >= 4 is 21.8 Å². The largest absolute Gasteiger partial charge is 0.438 e. The van der Waals surface area contributed by atoms with Crippen molar-refractivity contribution in [2.45, 2.75) is 12.2 Å². The number of rotatable bonds is 3. The number of alkyl halides is 3. The molecule has 0 aliphatic heterocycles. The fourth-order valence-electron chi connectivity index (χ4n) is 1.89. The zero-order chi connectivity index (χ0) is 15.6. The van der Waals surface area contributed by atoms with Crippen LogP contribution in [0, 0.1) is 0 Å². The number of halogens is 4. The molecule has 0 aliphatic carbocycles. The highest BCUT2D eigenvalue weighted by Crippen LogP contribution is 2.37. The van der Waals surface area contributed by atoms with E-state index >= 15 is 0 Å². The second-order valence-corrected chi connectivity index (χ2v) is 5.19. The monoisotopic (exact) mass is 362 g/mol. The van der Waals surface area contributed by atoms with E-state index in [1.54, 1.807) is 0 Å². The minimum absolute atomic E-state index is 0.0407. The molecule has 0 radical (unpaired) electrons. The summed E-state index contributed by atoms with van der Waals surface area (Å²) in [4.78, 5) is 16.1. The number of amides is 1. The summed E-state index contributed by atoms with van der Waals surface area (Å²) in [5, 5.41) is 0. The van der Waals surface area contributed by atoms with Crippen molar-refractivity contribution in [1.29, 1.82) is 0 Å². The van der Waals surface area contributed by atoms with Crippen molar-refractivity contribution in [2.24, 2.45) is 0 Å². The predicted octanol–water partition coefficient (Wildman–Crippen LogP) is 3.81. The highest BCUT2D eigenvalue weighted by Gasteiger charge is 2.45. The molecule has 1 heterocycles. The van der Waals surface area contributed by atoms with Gasteiger partial charge in [-0.2, -0.15) is 13.2 Å². The molecule has 0 N–H and O–H groups in total. The third-order valence-corrected chi connectivity index (χ3v) is 3.38. The summed E-state index contributed by atoms with van der Waals surface area (Å²) >= 11 is 3.16. The number of oxazole rings is 1. The molecule has 4 nitrogen and oxygen atoms in total. The van der Waals surface area contributed by atoms with Crippen molar-refractivity contribution < 1.29 is 22.4 Å². The van der Waals surface area contributed by atoms with Gasteiger partial charge in [-0.25, -0.2) is 4.98 Å². The fourth-order valence-corrected chi connectivity index (χ4v) is 2.15. The molecule has 1 amide bonds. The smallest absolute Gasteiger partial charge is 0.413 e. The molecule has 8 heteroatoms. The lowest BCUT2D eigenvalue weighted by molar-refractivity contribution is -0.176. The molecule has 1 atom stereocenters. The van der Waals surface area contributed by atoms with Crippen LogP contribution in [0.5, 0.6) is 0 Å². The van der Waals surface area contributed by atoms with Gasteiger partial charge < -0.3 is 9.32 Å². The minimum Gasteiger partial charge on any atom is -0.438 e. The maximum absolute atomic E-state index is 13.3. The molecule has 1 aromatic heterocycles. The summed E-state index contributed by atoms with van der Waals surface area (Å²) in [7, 11) is 1.07. The Bertz CT molecular complexity index is 611. The normalized spacial score (nSPS) is 13.0. The average molecular weight is 363 g/mol.